The van der Waals surface area contributed by atoms with E-state index in [1.165, 1.54) is 0 Å². The molecule has 0 radical (unpaired) electrons. The number of unbranched alkanes of at least 4 members (excludes halogenated alkanes) is 16. The number of phosphoric acid groups is 2. The first kappa shape index (κ1) is 98.2. The topological polar surface area (TPSA) is 237 Å². The molecule has 588 valence electrons. The van der Waals surface area contributed by atoms with Crippen molar-refractivity contribution in [2.24, 2.45) is 0 Å². The van der Waals surface area contributed by atoms with Gasteiger partial charge in [0.2, 0.25) is 0 Å². The summed E-state index contributed by atoms with van der Waals surface area (Å²) >= 11 is 0. The molecule has 0 aromatic rings. The first-order valence-corrected chi connectivity index (χ1v) is 42.0. The van der Waals surface area contributed by atoms with Crippen LogP contribution in [0.4, 0.5) is 0 Å². The van der Waals surface area contributed by atoms with Crippen LogP contribution in [0.3, 0.4) is 0 Å². The number of allylic oxidation sites excluding steroid dienone is 29. The number of hydrogen-bond acceptors (Lipinski definition) is 15. The molecule has 5 unspecified atom stereocenters. The molecule has 0 aliphatic rings. The normalized spacial score (nSPS) is 14.9. The highest BCUT2D eigenvalue weighted by Gasteiger charge is 2.30. The van der Waals surface area contributed by atoms with E-state index < -0.39 is 97.5 Å². The Morgan fingerprint density at radius 2 is 0.538 bits per heavy atom. The van der Waals surface area contributed by atoms with Gasteiger partial charge >= 0.3 is 39.5 Å². The Balaban J connectivity index is 5.47. The Hall–Kier alpha value is -5.84. The third kappa shape index (κ3) is 74.4. The number of aliphatic hydroxyl groups excluding tert-OH is 1. The fraction of sp³-hybridized carbons (Fsp3) is 0.600. The second kappa shape index (κ2) is 75.4. The van der Waals surface area contributed by atoms with Crippen molar-refractivity contribution in [2.45, 2.75) is 290 Å². The zero-order chi connectivity index (χ0) is 76.0. The standard InChI is InChI=1S/C85H136O17P2/c1-5-9-13-17-21-25-29-33-36-38-39-41-44-47-50-54-58-62-66-70-83(88)96-76-81(102-85(90)72-68-64-60-56-52-48-42-35-31-27-23-19-15-11-7-3)78-100-104(93,94)98-74-79(86)73-97-103(91,92)99-77-80(101-84(89)71-67-63-59-55-51-45-32-28-24-20-16-12-8-4)75-95-82(87)69-65-61-57-53-49-46-43-40-37-34-30-26-22-18-14-10-6-2/h9-11,13-16,20-23,25-28,32-37,39,41-43,46,52,56,64,68,79-81,86H,5-8,12,17-19,24,29-31,38,40,44-45,47-51,53-55,57-63,65-67,69-78H2,1-4H3,(H,91,92)(H,93,94)/b13-9-,14-10-,15-11-,20-16-,25-21-,26-22-,27-23-,32-28-,36-33-,37-34-,41-39-,42-35-,46-43-,56-52-,68-64-. The Labute approximate surface area is 628 Å². The van der Waals surface area contributed by atoms with Crippen molar-refractivity contribution in [1.82, 2.24) is 0 Å². The second-order valence-corrected chi connectivity index (χ2v) is 28.1. The van der Waals surface area contributed by atoms with Gasteiger partial charge in [-0.25, -0.2) is 9.13 Å². The van der Waals surface area contributed by atoms with E-state index in [1.807, 2.05) is 12.2 Å². The lowest BCUT2D eigenvalue weighted by atomic mass is 10.1. The number of esters is 4. The minimum absolute atomic E-state index is 0.0637. The predicted octanol–water partition coefficient (Wildman–Crippen LogP) is 22.8. The Kier molecular flexibility index (Phi) is 71.2. The molecule has 0 spiro atoms. The van der Waals surface area contributed by atoms with Crippen molar-refractivity contribution in [2.75, 3.05) is 39.6 Å². The molecule has 0 bridgehead atoms. The van der Waals surface area contributed by atoms with Gasteiger partial charge in [0.15, 0.2) is 12.2 Å². The summed E-state index contributed by atoms with van der Waals surface area (Å²) in [5, 5.41) is 10.6. The summed E-state index contributed by atoms with van der Waals surface area (Å²) < 4.78 is 68.4. The van der Waals surface area contributed by atoms with E-state index in [0.717, 1.165) is 193 Å². The highest BCUT2D eigenvalue weighted by molar-refractivity contribution is 7.47. The smallest absolute Gasteiger partial charge is 0.462 e. The maximum absolute atomic E-state index is 13.1. The summed E-state index contributed by atoms with van der Waals surface area (Å²) in [4.78, 5) is 72.9. The number of hydrogen-bond donors (Lipinski definition) is 3. The maximum atomic E-state index is 13.1. The van der Waals surface area contributed by atoms with E-state index in [1.54, 1.807) is 12.2 Å². The molecule has 0 amide bonds. The summed E-state index contributed by atoms with van der Waals surface area (Å²) in [6, 6.07) is 0. The minimum Gasteiger partial charge on any atom is -0.462 e. The van der Waals surface area contributed by atoms with Crippen LogP contribution in [0.25, 0.3) is 0 Å². The highest BCUT2D eigenvalue weighted by atomic mass is 31.2. The first-order valence-electron chi connectivity index (χ1n) is 39.0. The van der Waals surface area contributed by atoms with E-state index >= 15 is 0 Å². The number of rotatable bonds is 71. The molecule has 0 saturated carbocycles. The largest absolute Gasteiger partial charge is 0.472 e. The summed E-state index contributed by atoms with van der Waals surface area (Å²) in [5.74, 6) is -2.40. The maximum Gasteiger partial charge on any atom is 0.472 e. The van der Waals surface area contributed by atoms with E-state index in [-0.39, 0.29) is 25.7 Å². The summed E-state index contributed by atoms with van der Waals surface area (Å²) in [6.45, 7) is 4.26. The summed E-state index contributed by atoms with van der Waals surface area (Å²) in [6.07, 6.45) is 90.5. The predicted molar refractivity (Wildman–Crippen MR) is 426 cm³/mol. The molecule has 0 aliphatic heterocycles. The van der Waals surface area contributed by atoms with E-state index in [0.29, 0.717) is 25.7 Å². The Morgan fingerprint density at radius 3 is 0.856 bits per heavy atom. The van der Waals surface area contributed by atoms with E-state index in [9.17, 15) is 43.2 Å². The van der Waals surface area contributed by atoms with Gasteiger partial charge in [0.1, 0.15) is 19.3 Å². The van der Waals surface area contributed by atoms with Crippen LogP contribution in [-0.4, -0.2) is 96.7 Å². The molecule has 104 heavy (non-hydrogen) atoms. The lowest BCUT2D eigenvalue weighted by molar-refractivity contribution is -0.161. The minimum atomic E-state index is -5.02. The fourth-order valence-corrected chi connectivity index (χ4v) is 11.1. The number of ether oxygens (including phenoxy) is 4. The van der Waals surface area contributed by atoms with Gasteiger partial charge < -0.3 is 33.8 Å². The van der Waals surface area contributed by atoms with Crippen LogP contribution in [0.1, 0.15) is 272 Å². The van der Waals surface area contributed by atoms with E-state index in [4.69, 9.17) is 37.0 Å². The van der Waals surface area contributed by atoms with Gasteiger partial charge in [-0.15, -0.1) is 0 Å². The molecule has 17 nitrogen and oxygen atoms in total. The van der Waals surface area contributed by atoms with Crippen molar-refractivity contribution in [3.63, 3.8) is 0 Å². The van der Waals surface area contributed by atoms with Crippen molar-refractivity contribution in [3.8, 4) is 0 Å². The molecule has 0 aromatic heterocycles. The van der Waals surface area contributed by atoms with Gasteiger partial charge in [-0.05, 0) is 154 Å². The number of aliphatic hydroxyl groups is 1. The highest BCUT2D eigenvalue weighted by Crippen LogP contribution is 2.45. The second-order valence-electron chi connectivity index (χ2n) is 25.2. The summed E-state index contributed by atoms with van der Waals surface area (Å²) in [5.41, 5.74) is 0. The third-order valence-electron chi connectivity index (χ3n) is 15.4. The van der Waals surface area contributed by atoms with Crippen LogP contribution in [0.15, 0.2) is 182 Å². The quantitative estimate of drug-likeness (QED) is 0.0169. The zero-order valence-corrected chi connectivity index (χ0v) is 65.9. The molecule has 0 rings (SSSR count). The molecule has 19 heteroatoms. The lowest BCUT2D eigenvalue weighted by Gasteiger charge is -2.21. The SMILES string of the molecule is CC/C=C\C/C=C\C/C=C\C/C=C\C/C=C\CC(=O)OC(COC(=O)CCCCCCCC/C=C\C/C=C\C/C=C\C/C=C\CC)COP(=O)(O)OCC(O)COP(=O)(O)OCC(COC(=O)CCCCCC/C=C\C/C=C\C/C=C\C/C=C\CC)OC(=O)CCCCCCC/C=C\C/C=C\CCC. The van der Waals surface area contributed by atoms with Crippen LogP contribution in [0, 0.1) is 0 Å². The average molecular weight is 1490 g/mol. The summed E-state index contributed by atoms with van der Waals surface area (Å²) in [7, 11) is -10.0. The number of phosphoric ester groups is 2. The monoisotopic (exact) mass is 1490 g/mol. The van der Waals surface area contributed by atoms with Gasteiger partial charge in [-0.1, -0.05) is 274 Å². The number of carbonyl (C=O) groups is 4. The molecular formula is C85H136O17P2. The Bertz CT molecular complexity index is 2690. The van der Waals surface area contributed by atoms with Gasteiger partial charge in [0.05, 0.1) is 32.8 Å². The molecule has 3 N–H and O–H groups in total. The first-order chi connectivity index (χ1) is 50.7. The molecule has 0 aliphatic carbocycles. The van der Waals surface area contributed by atoms with Crippen LogP contribution in [0.2, 0.25) is 0 Å². The lowest BCUT2D eigenvalue weighted by Crippen LogP contribution is -2.30. The zero-order valence-electron chi connectivity index (χ0n) is 64.1. The fourth-order valence-electron chi connectivity index (χ4n) is 9.55. The number of carbonyl (C=O) groups excluding carboxylic acids is 4. The van der Waals surface area contributed by atoms with Gasteiger partial charge in [-0.3, -0.25) is 37.3 Å². The van der Waals surface area contributed by atoms with Gasteiger partial charge in [0.25, 0.3) is 0 Å². The molecular weight excluding hydrogens is 1350 g/mol. The van der Waals surface area contributed by atoms with Crippen LogP contribution in [-0.2, 0) is 65.4 Å². The van der Waals surface area contributed by atoms with Crippen molar-refractivity contribution in [1.29, 1.82) is 0 Å². The van der Waals surface area contributed by atoms with Gasteiger partial charge in [0, 0.05) is 19.3 Å². The van der Waals surface area contributed by atoms with E-state index in [2.05, 4.69) is 186 Å². The molecule has 0 heterocycles. The molecule has 0 aromatic carbocycles. The van der Waals surface area contributed by atoms with Crippen molar-refractivity contribution in [3.05, 3.63) is 182 Å². The average Bonchev–Trinajstić information content (AvgIpc) is 0.910. The van der Waals surface area contributed by atoms with Gasteiger partial charge in [-0.2, -0.15) is 0 Å². The van der Waals surface area contributed by atoms with Crippen LogP contribution in [0.5, 0.6) is 0 Å². The Morgan fingerprint density at radius 1 is 0.288 bits per heavy atom. The van der Waals surface area contributed by atoms with Crippen molar-refractivity contribution >= 4 is 39.5 Å². The van der Waals surface area contributed by atoms with Crippen LogP contribution < -0.4 is 0 Å². The van der Waals surface area contributed by atoms with Crippen molar-refractivity contribution < 1.29 is 80.2 Å². The van der Waals surface area contributed by atoms with Crippen LogP contribution >= 0.6 is 15.6 Å². The molecule has 5 atom stereocenters. The third-order valence-corrected chi connectivity index (χ3v) is 17.3. The molecule has 0 fully saturated rings. The molecule has 0 saturated heterocycles.